The van der Waals surface area contributed by atoms with E-state index >= 15 is 0 Å². The van der Waals surface area contributed by atoms with Crippen LogP contribution < -0.4 is 4.90 Å². The average Bonchev–Trinajstić information content (AvgIpc) is 3.62. The van der Waals surface area contributed by atoms with Crippen LogP contribution in [0, 0.1) is 13.8 Å². The third-order valence-electron chi connectivity index (χ3n) is 8.08. The van der Waals surface area contributed by atoms with E-state index in [9.17, 15) is 8.42 Å². The maximum atomic E-state index is 13.9. The second-order valence-electron chi connectivity index (χ2n) is 11.0. The summed E-state index contributed by atoms with van der Waals surface area (Å²) in [6.45, 7) is 8.13. The number of aromatic nitrogens is 5. The zero-order chi connectivity index (χ0) is 29.0. The number of hydrogen-bond donors (Lipinski definition) is 0. The summed E-state index contributed by atoms with van der Waals surface area (Å²) in [6, 6.07) is 17.1. The highest BCUT2D eigenvalue weighted by Crippen LogP contribution is 2.34. The van der Waals surface area contributed by atoms with E-state index < -0.39 is 10.0 Å². The summed E-state index contributed by atoms with van der Waals surface area (Å²) in [6.07, 6.45) is 8.82. The Kier molecular flexibility index (Phi) is 6.32. The molecule has 2 aromatic carbocycles. The molecule has 0 atom stereocenters. The van der Waals surface area contributed by atoms with Crippen LogP contribution in [0.2, 0.25) is 0 Å². The molecule has 1 aliphatic heterocycles. The van der Waals surface area contributed by atoms with Crippen LogP contribution in [0.4, 0.5) is 5.69 Å². The Morgan fingerprint density at radius 3 is 2.36 bits per heavy atom. The van der Waals surface area contributed by atoms with Crippen LogP contribution in [0.5, 0.6) is 0 Å². The van der Waals surface area contributed by atoms with Gasteiger partial charge in [-0.15, -0.1) is 0 Å². The minimum absolute atomic E-state index is 0.197. The third kappa shape index (κ3) is 4.53. The predicted molar refractivity (Wildman–Crippen MR) is 165 cm³/mol. The average molecular weight is 578 g/mol. The lowest BCUT2D eigenvalue weighted by Gasteiger charge is -2.35. The lowest BCUT2D eigenvalue weighted by molar-refractivity contribution is 0.312. The third-order valence-corrected chi connectivity index (χ3v) is 9.74. The minimum atomic E-state index is -3.92. The summed E-state index contributed by atoms with van der Waals surface area (Å²) in [5.41, 5.74) is 8.10. The lowest BCUT2D eigenvalue weighted by Crippen LogP contribution is -2.44. The van der Waals surface area contributed by atoms with Crippen LogP contribution in [-0.4, -0.2) is 69.9 Å². The molecule has 1 aliphatic rings. The topological polar surface area (TPSA) is 88.6 Å². The van der Waals surface area contributed by atoms with Crippen molar-refractivity contribution in [3.8, 4) is 22.4 Å². The van der Waals surface area contributed by atoms with E-state index in [2.05, 4.69) is 47.0 Å². The Bertz CT molecular complexity index is 2050. The molecular weight excluding hydrogens is 546 g/mol. The summed E-state index contributed by atoms with van der Waals surface area (Å²) in [5, 5.41) is 0. The summed E-state index contributed by atoms with van der Waals surface area (Å²) in [5.74, 6) is 0. The van der Waals surface area contributed by atoms with Crippen LogP contribution >= 0.6 is 0 Å². The molecule has 0 amide bonds. The smallest absolute Gasteiger partial charge is 0.269 e. The van der Waals surface area contributed by atoms with Gasteiger partial charge in [0.1, 0.15) is 11.2 Å². The molecule has 9 nitrogen and oxygen atoms in total. The molecule has 6 aromatic rings. The van der Waals surface area contributed by atoms with E-state index in [1.54, 1.807) is 42.9 Å². The van der Waals surface area contributed by atoms with Crippen LogP contribution in [0.25, 0.3) is 39.2 Å². The number of fused-ring (bicyclic) bond motifs is 2. The minimum Gasteiger partial charge on any atom is -0.369 e. The highest BCUT2D eigenvalue weighted by atomic mass is 32.2. The number of rotatable bonds is 5. The van der Waals surface area contributed by atoms with Gasteiger partial charge in [-0.1, -0.05) is 23.8 Å². The Labute approximate surface area is 244 Å². The molecule has 5 heterocycles. The molecule has 0 bridgehead atoms. The summed E-state index contributed by atoms with van der Waals surface area (Å²) in [4.78, 5) is 19.0. The second kappa shape index (κ2) is 10.1. The van der Waals surface area contributed by atoms with E-state index in [-0.39, 0.29) is 10.5 Å². The molecule has 1 fully saturated rings. The van der Waals surface area contributed by atoms with Crippen molar-refractivity contribution in [1.82, 2.24) is 28.2 Å². The van der Waals surface area contributed by atoms with Crippen molar-refractivity contribution in [2.45, 2.75) is 18.7 Å². The van der Waals surface area contributed by atoms with E-state index in [1.165, 1.54) is 15.2 Å². The standard InChI is InChI=1S/C32H31N7O2S/c1-22-4-8-26(9-5-22)42(40,41)39-21-27(25-7-11-30-33-12-13-38(30)20-25)31-32(39)34-19-28(35-31)24-6-10-29(23(2)18-24)37-16-14-36(3)15-17-37/h4-13,18-21H,14-17H2,1-3H3. The highest BCUT2D eigenvalue weighted by Gasteiger charge is 2.25. The molecule has 0 saturated carbocycles. The maximum Gasteiger partial charge on any atom is 0.269 e. The number of nitrogens with zero attached hydrogens (tertiary/aromatic N) is 7. The van der Waals surface area contributed by atoms with Crippen molar-refractivity contribution in [2.75, 3.05) is 38.1 Å². The van der Waals surface area contributed by atoms with Crippen molar-refractivity contribution in [1.29, 1.82) is 0 Å². The first-order valence-electron chi connectivity index (χ1n) is 14.0. The maximum absolute atomic E-state index is 13.9. The fourth-order valence-electron chi connectivity index (χ4n) is 5.62. The SMILES string of the molecule is Cc1ccc(S(=O)(=O)n2cc(-c3ccc4nccn4c3)c3nc(-c4ccc(N5CCN(C)CC5)c(C)c4)cnc32)cc1. The molecule has 1 saturated heterocycles. The largest absolute Gasteiger partial charge is 0.369 e. The number of benzene rings is 2. The fourth-order valence-corrected chi connectivity index (χ4v) is 6.93. The van der Waals surface area contributed by atoms with Gasteiger partial charge in [0.2, 0.25) is 0 Å². The number of piperazine rings is 1. The van der Waals surface area contributed by atoms with E-state index in [1.807, 2.05) is 35.9 Å². The van der Waals surface area contributed by atoms with Gasteiger partial charge in [-0.3, -0.25) is 0 Å². The Morgan fingerprint density at radius 2 is 1.60 bits per heavy atom. The number of aryl methyl sites for hydroxylation is 2. The Morgan fingerprint density at radius 1 is 0.833 bits per heavy atom. The zero-order valence-corrected chi connectivity index (χ0v) is 24.6. The number of likely N-dealkylation sites (N-methyl/N-ethyl adjacent to an activating group) is 1. The summed E-state index contributed by atoms with van der Waals surface area (Å²) < 4.78 is 30.9. The van der Waals surface area contributed by atoms with Crippen LogP contribution in [0.1, 0.15) is 11.1 Å². The molecule has 0 spiro atoms. The first-order chi connectivity index (χ1) is 20.3. The second-order valence-corrected chi connectivity index (χ2v) is 12.8. The number of imidazole rings is 1. The van der Waals surface area contributed by atoms with Gasteiger partial charge in [0.05, 0.1) is 16.8 Å². The van der Waals surface area contributed by atoms with E-state index in [4.69, 9.17) is 9.97 Å². The molecule has 42 heavy (non-hydrogen) atoms. The summed E-state index contributed by atoms with van der Waals surface area (Å²) >= 11 is 0. The quantitative estimate of drug-likeness (QED) is 0.284. The van der Waals surface area contributed by atoms with E-state index in [0.717, 1.165) is 48.5 Å². The molecule has 0 unspecified atom stereocenters. The van der Waals surface area contributed by atoms with Crippen LogP contribution in [-0.2, 0) is 10.0 Å². The lowest BCUT2D eigenvalue weighted by atomic mass is 10.1. The summed E-state index contributed by atoms with van der Waals surface area (Å²) in [7, 11) is -1.77. The Hall–Kier alpha value is -4.54. The van der Waals surface area contributed by atoms with Gasteiger partial charge >= 0.3 is 0 Å². The van der Waals surface area contributed by atoms with Crippen molar-refractivity contribution in [3.05, 3.63) is 96.7 Å². The number of pyridine rings is 1. The van der Waals surface area contributed by atoms with Gasteiger partial charge in [0.25, 0.3) is 10.0 Å². The van der Waals surface area contributed by atoms with Gasteiger partial charge in [-0.2, -0.15) is 0 Å². The number of hydrogen-bond acceptors (Lipinski definition) is 7. The van der Waals surface area contributed by atoms with Crippen molar-refractivity contribution >= 4 is 32.5 Å². The monoisotopic (exact) mass is 577 g/mol. The van der Waals surface area contributed by atoms with Crippen molar-refractivity contribution in [3.63, 3.8) is 0 Å². The van der Waals surface area contributed by atoms with Crippen LogP contribution in [0.15, 0.2) is 90.5 Å². The highest BCUT2D eigenvalue weighted by molar-refractivity contribution is 7.90. The van der Waals surface area contributed by atoms with Crippen LogP contribution in [0.3, 0.4) is 0 Å². The molecule has 4 aromatic heterocycles. The van der Waals surface area contributed by atoms with Gasteiger partial charge in [0, 0.05) is 73.3 Å². The van der Waals surface area contributed by atoms with Gasteiger partial charge < -0.3 is 14.2 Å². The number of anilines is 1. The first-order valence-corrected chi connectivity index (χ1v) is 15.4. The van der Waals surface area contributed by atoms with Crippen molar-refractivity contribution in [2.24, 2.45) is 0 Å². The molecule has 0 aliphatic carbocycles. The molecule has 0 radical (unpaired) electrons. The molecule has 10 heteroatoms. The van der Waals surface area contributed by atoms with Gasteiger partial charge in [-0.25, -0.2) is 27.3 Å². The fraction of sp³-hybridized carbons (Fsp3) is 0.219. The van der Waals surface area contributed by atoms with Crippen molar-refractivity contribution < 1.29 is 8.42 Å². The zero-order valence-electron chi connectivity index (χ0n) is 23.8. The molecule has 212 valence electrons. The van der Waals surface area contributed by atoms with E-state index in [0.29, 0.717) is 16.8 Å². The predicted octanol–water partition coefficient (Wildman–Crippen LogP) is 5.02. The van der Waals surface area contributed by atoms with Gasteiger partial charge in [-0.05, 0) is 62.9 Å². The first kappa shape index (κ1) is 26.4. The van der Waals surface area contributed by atoms with Gasteiger partial charge in [0.15, 0.2) is 5.65 Å². The molecular formula is C32H31N7O2S. The molecule has 7 rings (SSSR count). The molecule has 0 N–H and O–H groups in total. The Balaban J connectivity index is 1.36. The normalized spacial score (nSPS) is 14.7.